The van der Waals surface area contributed by atoms with Crippen molar-refractivity contribution in [1.29, 1.82) is 0 Å². The quantitative estimate of drug-likeness (QED) is 0.701. The van der Waals surface area contributed by atoms with Crippen LogP contribution in [0.4, 0.5) is 0 Å². The maximum Gasteiger partial charge on any atom is 0.234 e. The summed E-state index contributed by atoms with van der Waals surface area (Å²) in [5, 5.41) is 3.22. The summed E-state index contributed by atoms with van der Waals surface area (Å²) in [5.74, 6) is -0.291. The smallest absolute Gasteiger partial charge is 0.234 e. The second kappa shape index (κ2) is 10.3. The summed E-state index contributed by atoms with van der Waals surface area (Å²) in [6.45, 7) is 5.28. The lowest BCUT2D eigenvalue weighted by molar-refractivity contribution is -0.180. The molecule has 1 saturated heterocycles. The molecular weight excluding hydrogens is 356 g/mol. The lowest BCUT2D eigenvalue weighted by Crippen LogP contribution is -2.49. The second-order valence-electron chi connectivity index (χ2n) is 7.81. The van der Waals surface area contributed by atoms with Crippen LogP contribution in [0.25, 0.3) is 0 Å². The Morgan fingerprint density at radius 3 is 2.54 bits per heavy atom. The number of benzene rings is 1. The molecule has 3 rings (SSSR count). The number of hydrogen-bond donors (Lipinski definition) is 1. The second-order valence-corrected chi connectivity index (χ2v) is 7.81. The van der Waals surface area contributed by atoms with Crippen LogP contribution in [-0.2, 0) is 25.4 Å². The average Bonchev–Trinajstić information content (AvgIpc) is 3.17. The molecule has 6 heteroatoms. The molecule has 1 aliphatic heterocycles. The Morgan fingerprint density at radius 2 is 1.93 bits per heavy atom. The molecule has 1 aromatic rings. The Hall–Kier alpha value is -1.47. The van der Waals surface area contributed by atoms with Crippen LogP contribution in [-0.4, -0.2) is 68.7 Å². The van der Waals surface area contributed by atoms with Gasteiger partial charge in [-0.15, -0.1) is 0 Å². The maximum atomic E-state index is 12.7. The summed E-state index contributed by atoms with van der Waals surface area (Å²) in [6, 6.07) is 10.8. The summed E-state index contributed by atoms with van der Waals surface area (Å²) in [5.41, 5.74) is 1.26. The highest BCUT2D eigenvalue weighted by molar-refractivity contribution is 5.78. The lowest BCUT2D eigenvalue weighted by atomic mass is 9.90. The van der Waals surface area contributed by atoms with E-state index in [2.05, 4.69) is 41.4 Å². The van der Waals surface area contributed by atoms with Gasteiger partial charge in [-0.1, -0.05) is 37.3 Å². The molecule has 2 aliphatic rings. The fourth-order valence-electron chi connectivity index (χ4n) is 4.32. The highest BCUT2D eigenvalue weighted by Crippen LogP contribution is 2.35. The molecule has 1 aliphatic carbocycles. The molecule has 1 atom stereocenters. The van der Waals surface area contributed by atoms with Gasteiger partial charge in [0, 0.05) is 32.0 Å². The topological polar surface area (TPSA) is 60.0 Å². The number of carbonyl (C=O) groups is 1. The van der Waals surface area contributed by atoms with E-state index in [1.807, 2.05) is 6.07 Å². The standard InChI is InChI=1S/C22H34N2O4/c1-3-24(20(17-26-2)15-18-7-5-4-6-8-18)16-21(25)23-19-9-11-22(12-10-19)27-13-14-28-22/h4-8,19-20H,3,9-17H2,1-2H3,(H,23,25). The third-order valence-electron chi connectivity index (χ3n) is 5.87. The van der Waals surface area contributed by atoms with E-state index in [4.69, 9.17) is 14.2 Å². The minimum atomic E-state index is -0.379. The summed E-state index contributed by atoms with van der Waals surface area (Å²) < 4.78 is 17.0. The van der Waals surface area contributed by atoms with E-state index in [-0.39, 0.29) is 23.8 Å². The molecule has 0 bridgehead atoms. The van der Waals surface area contributed by atoms with Gasteiger partial charge in [-0.25, -0.2) is 0 Å². The van der Waals surface area contributed by atoms with E-state index in [1.54, 1.807) is 7.11 Å². The van der Waals surface area contributed by atoms with Crippen LogP contribution in [0.5, 0.6) is 0 Å². The number of nitrogens with one attached hydrogen (secondary N) is 1. The van der Waals surface area contributed by atoms with Gasteiger partial charge in [0.2, 0.25) is 5.91 Å². The van der Waals surface area contributed by atoms with E-state index in [1.165, 1.54) is 5.56 Å². The van der Waals surface area contributed by atoms with Crippen molar-refractivity contribution in [2.75, 3.05) is 40.0 Å². The number of ether oxygens (including phenoxy) is 3. The molecule has 1 unspecified atom stereocenters. The number of hydrogen-bond acceptors (Lipinski definition) is 5. The largest absolute Gasteiger partial charge is 0.383 e. The predicted molar refractivity (Wildman–Crippen MR) is 108 cm³/mol. The number of methoxy groups -OCH3 is 1. The number of carbonyl (C=O) groups excluding carboxylic acids is 1. The van der Waals surface area contributed by atoms with Crippen LogP contribution in [0.15, 0.2) is 30.3 Å². The van der Waals surface area contributed by atoms with E-state index in [0.29, 0.717) is 26.4 Å². The first-order valence-electron chi connectivity index (χ1n) is 10.5. The summed E-state index contributed by atoms with van der Waals surface area (Å²) in [6.07, 6.45) is 4.40. The number of likely N-dealkylation sites (N-methyl/N-ethyl adjacent to an activating group) is 1. The van der Waals surface area contributed by atoms with Crippen LogP contribution in [0.1, 0.15) is 38.2 Å². The van der Waals surface area contributed by atoms with Gasteiger partial charge < -0.3 is 19.5 Å². The summed E-state index contributed by atoms with van der Waals surface area (Å²) in [4.78, 5) is 14.9. The van der Waals surface area contributed by atoms with Gasteiger partial charge in [-0.3, -0.25) is 9.69 Å². The Balaban J connectivity index is 1.50. The Labute approximate surface area is 168 Å². The SMILES string of the molecule is CCN(CC(=O)NC1CCC2(CC1)OCCO2)C(COC)Cc1ccccc1. The molecule has 1 aromatic carbocycles. The van der Waals surface area contributed by atoms with Crippen LogP contribution < -0.4 is 5.32 Å². The fourth-order valence-corrected chi connectivity index (χ4v) is 4.32. The van der Waals surface area contributed by atoms with Gasteiger partial charge in [-0.05, 0) is 31.4 Å². The molecule has 1 spiro atoms. The number of nitrogens with zero attached hydrogens (tertiary/aromatic N) is 1. The van der Waals surface area contributed by atoms with Crippen LogP contribution in [0.3, 0.4) is 0 Å². The van der Waals surface area contributed by atoms with Crippen molar-refractivity contribution in [3.63, 3.8) is 0 Å². The van der Waals surface area contributed by atoms with Gasteiger partial charge >= 0.3 is 0 Å². The third kappa shape index (κ3) is 5.77. The van der Waals surface area contributed by atoms with E-state index in [0.717, 1.165) is 38.6 Å². The number of rotatable bonds is 9. The molecule has 0 radical (unpaired) electrons. The Bertz CT molecular complexity index is 594. The maximum absolute atomic E-state index is 12.7. The highest BCUT2D eigenvalue weighted by Gasteiger charge is 2.40. The zero-order valence-corrected chi connectivity index (χ0v) is 17.2. The van der Waals surface area contributed by atoms with Gasteiger partial charge in [0.1, 0.15) is 0 Å². The molecule has 2 fully saturated rings. The van der Waals surface area contributed by atoms with Crippen LogP contribution >= 0.6 is 0 Å². The highest BCUT2D eigenvalue weighted by atomic mass is 16.7. The van der Waals surface area contributed by atoms with Crippen molar-refractivity contribution < 1.29 is 19.0 Å². The molecule has 6 nitrogen and oxygen atoms in total. The van der Waals surface area contributed by atoms with E-state index in [9.17, 15) is 4.79 Å². The first kappa shape index (κ1) is 21.2. The van der Waals surface area contributed by atoms with Crippen molar-refractivity contribution in [2.45, 2.75) is 56.9 Å². The zero-order chi connectivity index (χ0) is 19.8. The van der Waals surface area contributed by atoms with Crippen molar-refractivity contribution in [2.24, 2.45) is 0 Å². The van der Waals surface area contributed by atoms with Gasteiger partial charge in [-0.2, -0.15) is 0 Å². The molecule has 0 aromatic heterocycles. The van der Waals surface area contributed by atoms with Crippen LogP contribution in [0.2, 0.25) is 0 Å². The van der Waals surface area contributed by atoms with E-state index < -0.39 is 0 Å². The average molecular weight is 391 g/mol. The molecule has 1 N–H and O–H groups in total. The summed E-state index contributed by atoms with van der Waals surface area (Å²) in [7, 11) is 1.72. The third-order valence-corrected chi connectivity index (χ3v) is 5.87. The summed E-state index contributed by atoms with van der Waals surface area (Å²) >= 11 is 0. The van der Waals surface area contributed by atoms with Gasteiger partial charge in [0.25, 0.3) is 0 Å². The van der Waals surface area contributed by atoms with Gasteiger partial charge in [0.15, 0.2) is 5.79 Å². The molecule has 1 heterocycles. The zero-order valence-electron chi connectivity index (χ0n) is 17.2. The fraction of sp³-hybridized carbons (Fsp3) is 0.682. The first-order chi connectivity index (χ1) is 13.6. The van der Waals surface area contributed by atoms with Crippen LogP contribution in [0, 0.1) is 0 Å². The molecule has 1 saturated carbocycles. The van der Waals surface area contributed by atoms with Gasteiger partial charge in [0.05, 0.1) is 26.4 Å². The molecular formula is C22H34N2O4. The lowest BCUT2D eigenvalue weighted by Gasteiger charge is -2.36. The minimum absolute atomic E-state index is 0.0882. The Morgan fingerprint density at radius 1 is 1.25 bits per heavy atom. The predicted octanol–water partition coefficient (Wildman–Crippen LogP) is 2.37. The number of amides is 1. The van der Waals surface area contributed by atoms with Crippen molar-refractivity contribution >= 4 is 5.91 Å². The monoisotopic (exact) mass is 390 g/mol. The Kier molecular flexibility index (Phi) is 7.85. The molecule has 28 heavy (non-hydrogen) atoms. The minimum Gasteiger partial charge on any atom is -0.383 e. The van der Waals surface area contributed by atoms with E-state index >= 15 is 0 Å². The van der Waals surface area contributed by atoms with Crippen molar-refractivity contribution in [1.82, 2.24) is 10.2 Å². The molecule has 156 valence electrons. The van der Waals surface area contributed by atoms with Crippen molar-refractivity contribution in [3.05, 3.63) is 35.9 Å². The molecule has 1 amide bonds. The first-order valence-corrected chi connectivity index (χ1v) is 10.5. The normalized spacial score (nSPS) is 20.5. The van der Waals surface area contributed by atoms with Crippen molar-refractivity contribution in [3.8, 4) is 0 Å².